The number of ether oxygens (including phenoxy) is 1. The van der Waals surface area contributed by atoms with Crippen LogP contribution >= 0.6 is 17.0 Å². The highest BCUT2D eigenvalue weighted by molar-refractivity contribution is 8.93. The van der Waals surface area contributed by atoms with Gasteiger partial charge in [-0.3, -0.25) is 4.99 Å². The van der Waals surface area contributed by atoms with Crippen LogP contribution in [0.2, 0.25) is 0 Å². The summed E-state index contributed by atoms with van der Waals surface area (Å²) in [5.41, 5.74) is 2.42. The van der Waals surface area contributed by atoms with Gasteiger partial charge in [0.15, 0.2) is 5.96 Å². The number of methoxy groups -OCH3 is 1. The van der Waals surface area contributed by atoms with Gasteiger partial charge < -0.3 is 15.4 Å². The van der Waals surface area contributed by atoms with Crippen LogP contribution in [-0.2, 0) is 6.54 Å². The molecule has 0 fully saturated rings. The van der Waals surface area contributed by atoms with Crippen LogP contribution in [0.1, 0.15) is 24.0 Å². The Balaban J connectivity index is 0.00000180. The van der Waals surface area contributed by atoms with Gasteiger partial charge >= 0.3 is 0 Å². The average Bonchev–Trinajstić information content (AvgIpc) is 2.64. The summed E-state index contributed by atoms with van der Waals surface area (Å²) in [5.74, 6) is 1.82. The molecule has 0 bridgehead atoms. The maximum Gasteiger partial charge on any atom is 0.191 e. The lowest BCUT2D eigenvalue weighted by molar-refractivity contribution is 0.414. The van der Waals surface area contributed by atoms with E-state index in [0.29, 0.717) is 0 Å². The molecule has 1 aromatic rings. The number of hydrogen-bond acceptors (Lipinski definition) is 4. The molecule has 1 aromatic carbocycles. The quantitative estimate of drug-likeness (QED) is 0.896. The fraction of sp³-hybridized carbons (Fsp3) is 0.500. The van der Waals surface area contributed by atoms with E-state index in [0.717, 1.165) is 37.8 Å². The van der Waals surface area contributed by atoms with Crippen LogP contribution in [0.4, 0.5) is 0 Å². The van der Waals surface area contributed by atoms with Crippen molar-refractivity contribution in [2.75, 3.05) is 20.2 Å². The van der Waals surface area contributed by atoms with Crippen molar-refractivity contribution in [3.05, 3.63) is 29.3 Å². The van der Waals surface area contributed by atoms with E-state index >= 15 is 0 Å². The van der Waals surface area contributed by atoms with Crippen molar-refractivity contribution in [3.63, 3.8) is 0 Å². The molecule has 5 heteroatoms. The van der Waals surface area contributed by atoms with Crippen molar-refractivity contribution < 1.29 is 4.74 Å². The first-order chi connectivity index (χ1) is 8.78. The summed E-state index contributed by atoms with van der Waals surface area (Å²) in [7, 11) is 1.70. The zero-order valence-electron chi connectivity index (χ0n) is 11.5. The zero-order valence-corrected chi connectivity index (χ0v) is 13.2. The van der Waals surface area contributed by atoms with Crippen molar-refractivity contribution in [3.8, 4) is 5.75 Å². The number of halogens is 1. The van der Waals surface area contributed by atoms with E-state index in [9.17, 15) is 0 Å². The maximum atomic E-state index is 5.27. The molecule has 0 saturated carbocycles. The van der Waals surface area contributed by atoms with Crippen LogP contribution in [0.3, 0.4) is 0 Å². The molecule has 0 aromatic heterocycles. The second-order valence-electron chi connectivity index (χ2n) is 4.58. The van der Waals surface area contributed by atoms with E-state index in [4.69, 9.17) is 4.74 Å². The molecule has 0 radical (unpaired) electrons. The van der Waals surface area contributed by atoms with Gasteiger partial charge in [0.1, 0.15) is 5.75 Å². The van der Waals surface area contributed by atoms with Crippen LogP contribution in [-0.4, -0.2) is 26.2 Å². The van der Waals surface area contributed by atoms with Gasteiger partial charge in [-0.2, -0.15) is 0 Å². The van der Waals surface area contributed by atoms with E-state index in [-0.39, 0.29) is 17.0 Å². The summed E-state index contributed by atoms with van der Waals surface area (Å²) in [5, 5.41) is 6.64. The minimum Gasteiger partial charge on any atom is -0.497 e. The molecule has 0 unspecified atom stereocenters. The molecule has 19 heavy (non-hydrogen) atoms. The van der Waals surface area contributed by atoms with Gasteiger partial charge in [0, 0.05) is 19.6 Å². The Morgan fingerprint density at radius 3 is 2.95 bits per heavy atom. The monoisotopic (exact) mass is 327 g/mol. The Bertz CT molecular complexity index is 435. The highest BCUT2D eigenvalue weighted by Gasteiger charge is 2.03. The molecule has 106 valence electrons. The number of guanidine groups is 1. The molecule has 0 aliphatic carbocycles. The molecular weight excluding hydrogens is 306 g/mol. The summed E-state index contributed by atoms with van der Waals surface area (Å²) in [4.78, 5) is 4.47. The number of benzene rings is 1. The zero-order chi connectivity index (χ0) is 12.8. The molecular formula is C14H22BrN3O. The lowest BCUT2D eigenvalue weighted by Gasteiger charge is -2.11. The Morgan fingerprint density at radius 1 is 1.32 bits per heavy atom. The lowest BCUT2D eigenvalue weighted by atomic mass is 10.1. The Hall–Kier alpha value is -1.23. The van der Waals surface area contributed by atoms with Gasteiger partial charge in [-0.1, -0.05) is 6.07 Å². The Kier molecular flexibility index (Phi) is 6.70. The molecule has 0 spiro atoms. The third-order valence-corrected chi connectivity index (χ3v) is 2.95. The largest absolute Gasteiger partial charge is 0.497 e. The molecule has 0 atom stereocenters. The van der Waals surface area contributed by atoms with E-state index < -0.39 is 0 Å². The fourth-order valence-electron chi connectivity index (χ4n) is 2.04. The first kappa shape index (κ1) is 15.8. The number of nitrogens with one attached hydrogen (secondary N) is 2. The summed E-state index contributed by atoms with van der Waals surface area (Å²) in [6.45, 7) is 4.76. The summed E-state index contributed by atoms with van der Waals surface area (Å²) in [6.07, 6.45) is 2.35. The fourth-order valence-corrected chi connectivity index (χ4v) is 2.04. The van der Waals surface area contributed by atoms with E-state index in [1.54, 1.807) is 7.11 Å². The second-order valence-corrected chi connectivity index (χ2v) is 4.58. The predicted molar refractivity (Wildman–Crippen MR) is 84.4 cm³/mol. The third-order valence-electron chi connectivity index (χ3n) is 2.95. The normalized spacial score (nSPS) is 14.5. The minimum absolute atomic E-state index is 0. The van der Waals surface area contributed by atoms with Gasteiger partial charge in [-0.25, -0.2) is 0 Å². The van der Waals surface area contributed by atoms with E-state index in [1.807, 2.05) is 6.07 Å². The van der Waals surface area contributed by atoms with Crippen molar-refractivity contribution in [2.24, 2.45) is 4.99 Å². The number of hydrogen-bond donors (Lipinski definition) is 2. The Labute approximate surface area is 125 Å². The number of aryl methyl sites for hydroxylation is 1. The molecule has 0 saturated heterocycles. The SMILES string of the molecule is Br.COc1cc(C)cc(CNC2=NCCCCN2)c1. The first-order valence-electron chi connectivity index (χ1n) is 6.44. The smallest absolute Gasteiger partial charge is 0.191 e. The van der Waals surface area contributed by atoms with Gasteiger partial charge in [0.05, 0.1) is 7.11 Å². The summed E-state index contributed by atoms with van der Waals surface area (Å²) in [6, 6.07) is 6.24. The lowest BCUT2D eigenvalue weighted by Crippen LogP contribution is -2.36. The van der Waals surface area contributed by atoms with Gasteiger partial charge in [-0.15, -0.1) is 17.0 Å². The summed E-state index contributed by atoms with van der Waals surface area (Å²) >= 11 is 0. The van der Waals surface area contributed by atoms with Crippen LogP contribution in [0.25, 0.3) is 0 Å². The van der Waals surface area contributed by atoms with Crippen LogP contribution in [0.15, 0.2) is 23.2 Å². The first-order valence-corrected chi connectivity index (χ1v) is 6.44. The molecule has 4 nitrogen and oxygen atoms in total. The second kappa shape index (κ2) is 8.04. The highest BCUT2D eigenvalue weighted by atomic mass is 79.9. The molecule has 2 N–H and O–H groups in total. The van der Waals surface area contributed by atoms with E-state index in [2.05, 4.69) is 34.7 Å². The number of aliphatic imine (C=N–C) groups is 1. The molecule has 2 rings (SSSR count). The maximum absolute atomic E-state index is 5.27. The van der Waals surface area contributed by atoms with Crippen LogP contribution in [0, 0.1) is 6.92 Å². The van der Waals surface area contributed by atoms with Gasteiger partial charge in [0.25, 0.3) is 0 Å². The van der Waals surface area contributed by atoms with Crippen LogP contribution < -0.4 is 15.4 Å². The standard InChI is InChI=1S/C14H21N3O.BrH/c1-11-7-12(9-13(8-11)18-2)10-17-14-15-5-3-4-6-16-14;/h7-9H,3-6,10H2,1-2H3,(H2,15,16,17);1H. The molecule has 0 amide bonds. The molecule has 1 aliphatic heterocycles. The predicted octanol–water partition coefficient (Wildman–Crippen LogP) is 2.41. The van der Waals surface area contributed by atoms with Gasteiger partial charge in [-0.05, 0) is 43.0 Å². The Morgan fingerprint density at radius 2 is 2.16 bits per heavy atom. The summed E-state index contributed by atoms with van der Waals surface area (Å²) < 4.78 is 5.27. The van der Waals surface area contributed by atoms with Crippen molar-refractivity contribution in [1.82, 2.24) is 10.6 Å². The van der Waals surface area contributed by atoms with Gasteiger partial charge in [0.2, 0.25) is 0 Å². The minimum atomic E-state index is 0. The number of rotatable bonds is 3. The average molecular weight is 328 g/mol. The highest BCUT2D eigenvalue weighted by Crippen LogP contribution is 2.16. The molecule has 1 heterocycles. The van der Waals surface area contributed by atoms with Crippen molar-refractivity contribution in [2.45, 2.75) is 26.3 Å². The van der Waals surface area contributed by atoms with Crippen LogP contribution in [0.5, 0.6) is 5.75 Å². The topological polar surface area (TPSA) is 45.6 Å². The molecule has 1 aliphatic rings. The van der Waals surface area contributed by atoms with Crippen molar-refractivity contribution >= 4 is 22.9 Å². The third kappa shape index (κ3) is 5.11. The number of nitrogens with zero attached hydrogens (tertiary/aromatic N) is 1. The van der Waals surface area contributed by atoms with E-state index in [1.165, 1.54) is 17.5 Å². The van der Waals surface area contributed by atoms with Crippen molar-refractivity contribution in [1.29, 1.82) is 0 Å².